The van der Waals surface area contributed by atoms with Gasteiger partial charge in [-0.2, -0.15) is 0 Å². The third-order valence-corrected chi connectivity index (χ3v) is 9.06. The van der Waals surface area contributed by atoms with Gasteiger partial charge in [-0.3, -0.25) is 0 Å². The topological polar surface area (TPSA) is 51.6 Å². The molecule has 2 heterocycles. The second-order valence-corrected chi connectivity index (χ2v) is 12.3. The highest BCUT2D eigenvalue weighted by atomic mass is 35.5. The third kappa shape index (κ3) is 6.75. The predicted molar refractivity (Wildman–Crippen MR) is 186 cm³/mol. The average molecular weight is 670 g/mol. The van der Waals surface area contributed by atoms with Crippen LogP contribution < -0.4 is 0 Å². The van der Waals surface area contributed by atoms with Crippen molar-refractivity contribution in [2.45, 2.75) is 24.7 Å². The number of hydrogen-bond acceptors (Lipinski definition) is 4. The van der Waals surface area contributed by atoms with Gasteiger partial charge >= 0.3 is 0 Å². The Kier molecular flexibility index (Phi) is 9.48. The van der Waals surface area contributed by atoms with E-state index in [1.165, 1.54) is 0 Å². The van der Waals surface area contributed by atoms with Crippen LogP contribution in [0.4, 0.5) is 0 Å². The van der Waals surface area contributed by atoms with Crippen LogP contribution in [-0.2, 0) is 0 Å². The van der Waals surface area contributed by atoms with E-state index in [-0.39, 0.29) is 44.5 Å². The first-order valence-corrected chi connectivity index (χ1v) is 16.0. The standard InChI is InChI=1S/C37H28Cl4N4/c1-3-23(24-10-6-4-7-11-24)15-14-22(2)32-34(28-20-30(38)44-36(40)42-28)33(35(32)29-21-31(39)45-37(41)43-29)27-18-16-26(17-19-27)25-12-8-5-9-13-25/h3-21,32-35H,2H2,1H3/b15-14-,23-3+/t32-,33-,34-,35-/m1/s1. The first-order chi connectivity index (χ1) is 21.8. The highest BCUT2D eigenvalue weighted by molar-refractivity contribution is 6.32. The molecule has 1 aliphatic rings. The lowest BCUT2D eigenvalue weighted by atomic mass is 9.50. The van der Waals surface area contributed by atoms with Crippen LogP contribution in [0.2, 0.25) is 20.9 Å². The quantitative estimate of drug-likeness (QED) is 0.0937. The normalized spacial score (nSPS) is 19.8. The molecule has 4 nitrogen and oxygen atoms in total. The number of nitrogens with zero attached hydrogens (tertiary/aromatic N) is 4. The number of allylic oxidation sites excluding steroid dienone is 5. The van der Waals surface area contributed by atoms with Gasteiger partial charge in [-0.15, -0.1) is 0 Å². The van der Waals surface area contributed by atoms with Gasteiger partial charge in [0, 0.05) is 23.7 Å². The van der Waals surface area contributed by atoms with Gasteiger partial charge in [0.2, 0.25) is 10.6 Å². The second kappa shape index (κ2) is 13.7. The van der Waals surface area contributed by atoms with Gasteiger partial charge in [0.15, 0.2) is 0 Å². The zero-order valence-corrected chi connectivity index (χ0v) is 27.3. The highest BCUT2D eigenvalue weighted by Crippen LogP contribution is 2.64. The Labute approximate surface area is 283 Å². The molecule has 0 unspecified atom stereocenters. The maximum Gasteiger partial charge on any atom is 0.224 e. The van der Waals surface area contributed by atoms with Gasteiger partial charge in [-0.05, 0) is 70.1 Å². The van der Waals surface area contributed by atoms with Crippen molar-refractivity contribution in [2.24, 2.45) is 5.92 Å². The molecular weight excluding hydrogens is 642 g/mol. The fourth-order valence-corrected chi connectivity index (χ4v) is 7.19. The van der Waals surface area contributed by atoms with Crippen molar-refractivity contribution in [2.75, 3.05) is 0 Å². The van der Waals surface area contributed by atoms with E-state index in [0.717, 1.165) is 44.8 Å². The van der Waals surface area contributed by atoms with E-state index in [4.69, 9.17) is 46.4 Å². The Morgan fingerprint density at radius 1 is 0.622 bits per heavy atom. The summed E-state index contributed by atoms with van der Waals surface area (Å²) in [5, 5.41) is 0.736. The lowest BCUT2D eigenvalue weighted by Crippen LogP contribution is -2.43. The molecule has 1 saturated carbocycles. The summed E-state index contributed by atoms with van der Waals surface area (Å²) in [7, 11) is 0. The molecule has 0 N–H and O–H groups in total. The summed E-state index contributed by atoms with van der Waals surface area (Å²) < 4.78 is 0. The summed E-state index contributed by atoms with van der Waals surface area (Å²) >= 11 is 25.6. The van der Waals surface area contributed by atoms with Crippen molar-refractivity contribution in [3.8, 4) is 11.1 Å². The monoisotopic (exact) mass is 668 g/mol. The fraction of sp³-hybridized carbons (Fsp3) is 0.135. The molecule has 0 bridgehead atoms. The molecule has 0 spiro atoms. The molecule has 6 rings (SSSR count). The predicted octanol–water partition coefficient (Wildman–Crippen LogP) is 11.0. The number of rotatable bonds is 8. The minimum atomic E-state index is -0.147. The van der Waals surface area contributed by atoms with Crippen molar-refractivity contribution in [3.63, 3.8) is 0 Å². The van der Waals surface area contributed by atoms with Crippen LogP contribution in [0.15, 0.2) is 127 Å². The van der Waals surface area contributed by atoms with Crippen LogP contribution in [0.1, 0.15) is 47.2 Å². The van der Waals surface area contributed by atoms with Gasteiger partial charge in [0.1, 0.15) is 10.3 Å². The molecule has 8 heteroatoms. The van der Waals surface area contributed by atoms with Crippen molar-refractivity contribution in [1.29, 1.82) is 0 Å². The van der Waals surface area contributed by atoms with Crippen molar-refractivity contribution >= 4 is 52.0 Å². The van der Waals surface area contributed by atoms with Crippen molar-refractivity contribution in [3.05, 3.63) is 171 Å². The summed E-state index contributed by atoms with van der Waals surface area (Å²) in [6.07, 6.45) is 6.24. The van der Waals surface area contributed by atoms with E-state index in [9.17, 15) is 0 Å². The fourth-order valence-electron chi connectivity index (χ4n) is 6.34. The van der Waals surface area contributed by atoms with E-state index in [1.54, 1.807) is 12.1 Å². The smallest absolute Gasteiger partial charge is 0.223 e. The van der Waals surface area contributed by atoms with Gasteiger partial charge in [0.05, 0.1) is 11.4 Å². The van der Waals surface area contributed by atoms with Gasteiger partial charge < -0.3 is 0 Å². The Morgan fingerprint density at radius 2 is 1.13 bits per heavy atom. The molecule has 5 aromatic rings. The molecule has 0 saturated heterocycles. The molecule has 1 fully saturated rings. The molecule has 224 valence electrons. The molecule has 3 aromatic carbocycles. The Morgan fingerprint density at radius 3 is 1.64 bits per heavy atom. The van der Waals surface area contributed by atoms with Crippen LogP contribution >= 0.6 is 46.4 Å². The Balaban J connectivity index is 1.46. The largest absolute Gasteiger partial charge is 0.224 e. The second-order valence-electron chi connectivity index (χ2n) is 10.9. The molecule has 0 aliphatic heterocycles. The zero-order chi connectivity index (χ0) is 31.5. The van der Waals surface area contributed by atoms with Crippen LogP contribution in [-0.4, -0.2) is 19.9 Å². The number of hydrogen-bond donors (Lipinski definition) is 0. The SMILES string of the molecule is C=C(/C=C\C(=C/C)c1ccccc1)[C@H]1[C@@H](c2cc(Cl)nc(Cl)n2)[C@H](c2ccc(-c3ccccc3)cc2)[C@@H]1c1cc(Cl)nc(Cl)n1. The van der Waals surface area contributed by atoms with Crippen LogP contribution in [0.3, 0.4) is 0 Å². The molecule has 0 amide bonds. The van der Waals surface area contributed by atoms with Crippen LogP contribution in [0.25, 0.3) is 16.7 Å². The summed E-state index contributed by atoms with van der Waals surface area (Å²) in [5.41, 5.74) is 7.93. The van der Waals surface area contributed by atoms with Crippen LogP contribution in [0.5, 0.6) is 0 Å². The minimum absolute atomic E-state index is 0.0793. The first-order valence-electron chi connectivity index (χ1n) is 14.5. The maximum absolute atomic E-state index is 6.43. The molecular formula is C37H28Cl4N4. The minimum Gasteiger partial charge on any atom is -0.223 e. The van der Waals surface area contributed by atoms with E-state index in [1.807, 2.05) is 43.3 Å². The summed E-state index contributed by atoms with van der Waals surface area (Å²) in [5.74, 6) is -0.514. The van der Waals surface area contributed by atoms with Crippen molar-refractivity contribution < 1.29 is 0 Å². The summed E-state index contributed by atoms with van der Waals surface area (Å²) in [4.78, 5) is 17.5. The van der Waals surface area contributed by atoms with E-state index >= 15 is 0 Å². The lowest BCUT2D eigenvalue weighted by molar-refractivity contribution is 0.186. The average Bonchev–Trinajstić information content (AvgIpc) is 3.01. The summed E-state index contributed by atoms with van der Waals surface area (Å²) in [6, 6.07) is 32.7. The number of aromatic nitrogens is 4. The Bertz CT molecular complexity index is 1790. The molecule has 2 aromatic heterocycles. The number of halogens is 4. The Hall–Kier alpha value is -3.80. The molecule has 0 radical (unpaired) electrons. The van der Waals surface area contributed by atoms with Gasteiger partial charge in [-0.1, -0.05) is 139 Å². The van der Waals surface area contributed by atoms with Crippen molar-refractivity contribution in [1.82, 2.24) is 19.9 Å². The molecule has 45 heavy (non-hydrogen) atoms. The molecule has 1 aliphatic carbocycles. The zero-order valence-electron chi connectivity index (χ0n) is 24.3. The lowest BCUT2D eigenvalue weighted by Gasteiger charge is -2.52. The van der Waals surface area contributed by atoms with Gasteiger partial charge in [-0.25, -0.2) is 19.9 Å². The highest BCUT2D eigenvalue weighted by Gasteiger charge is 2.54. The van der Waals surface area contributed by atoms with Crippen LogP contribution in [0, 0.1) is 5.92 Å². The van der Waals surface area contributed by atoms with E-state index < -0.39 is 0 Å². The third-order valence-electron chi connectivity index (χ3n) is 8.33. The first kappa shape index (κ1) is 31.2. The number of benzene rings is 3. The molecule has 2 atom stereocenters. The maximum atomic E-state index is 6.43. The van der Waals surface area contributed by atoms with Gasteiger partial charge in [0.25, 0.3) is 0 Å². The van der Waals surface area contributed by atoms with E-state index in [0.29, 0.717) is 0 Å². The van der Waals surface area contributed by atoms with E-state index in [2.05, 4.69) is 93.3 Å². The summed E-state index contributed by atoms with van der Waals surface area (Å²) in [6.45, 7) is 6.59.